The summed E-state index contributed by atoms with van der Waals surface area (Å²) in [5.74, 6) is 2.45. The highest BCUT2D eigenvalue weighted by molar-refractivity contribution is 5.79. The average Bonchev–Trinajstić information content (AvgIpc) is 3.37. The number of carbonyl (C=O) groups is 1. The van der Waals surface area contributed by atoms with Gasteiger partial charge in [-0.1, -0.05) is 29.4 Å². The lowest BCUT2D eigenvalue weighted by Gasteiger charge is -2.16. The Hall–Kier alpha value is -3.35. The Morgan fingerprint density at radius 1 is 1.10 bits per heavy atom. The fourth-order valence-corrected chi connectivity index (χ4v) is 3.65. The molecule has 0 bridgehead atoms. The van der Waals surface area contributed by atoms with E-state index in [2.05, 4.69) is 10.1 Å². The summed E-state index contributed by atoms with van der Waals surface area (Å²) in [5, 5.41) is 4.13. The highest BCUT2D eigenvalue weighted by atomic mass is 16.5. The highest BCUT2D eigenvalue weighted by Crippen LogP contribution is 2.32. The molecule has 0 aliphatic carbocycles. The van der Waals surface area contributed by atoms with Gasteiger partial charge in [-0.05, 0) is 43.7 Å². The SMILES string of the molecule is CCOc1cccc(CN2CC(c3nc(-c4ccccc4OCC)no3)CC2=O)c1. The van der Waals surface area contributed by atoms with E-state index in [0.717, 1.165) is 16.9 Å². The summed E-state index contributed by atoms with van der Waals surface area (Å²) >= 11 is 0. The number of rotatable bonds is 8. The second-order valence-electron chi connectivity index (χ2n) is 7.14. The van der Waals surface area contributed by atoms with E-state index in [9.17, 15) is 4.79 Å². The molecule has 2 aromatic carbocycles. The van der Waals surface area contributed by atoms with Crippen molar-refractivity contribution in [1.82, 2.24) is 15.0 Å². The summed E-state index contributed by atoms with van der Waals surface area (Å²) in [6.45, 7) is 6.13. The van der Waals surface area contributed by atoms with Crippen molar-refractivity contribution in [3.8, 4) is 22.9 Å². The van der Waals surface area contributed by atoms with Crippen LogP contribution in [0.3, 0.4) is 0 Å². The molecule has 1 fully saturated rings. The normalized spacial score (nSPS) is 16.1. The third kappa shape index (κ3) is 4.30. The average molecular weight is 407 g/mol. The van der Waals surface area contributed by atoms with E-state index in [4.69, 9.17) is 14.0 Å². The maximum Gasteiger partial charge on any atom is 0.232 e. The van der Waals surface area contributed by atoms with Gasteiger partial charge in [-0.2, -0.15) is 4.98 Å². The maximum absolute atomic E-state index is 12.6. The van der Waals surface area contributed by atoms with Crippen molar-refractivity contribution in [3.05, 3.63) is 60.0 Å². The molecule has 1 amide bonds. The van der Waals surface area contributed by atoms with Crippen LogP contribution in [0, 0.1) is 0 Å². The third-order valence-corrected chi connectivity index (χ3v) is 5.02. The number of nitrogens with zero attached hydrogens (tertiary/aromatic N) is 3. The molecule has 0 N–H and O–H groups in total. The molecule has 7 nitrogen and oxygen atoms in total. The van der Waals surface area contributed by atoms with E-state index < -0.39 is 0 Å². The van der Waals surface area contributed by atoms with Crippen molar-refractivity contribution in [2.45, 2.75) is 32.7 Å². The molecule has 0 saturated carbocycles. The summed E-state index contributed by atoms with van der Waals surface area (Å²) in [4.78, 5) is 19.0. The Balaban J connectivity index is 1.47. The minimum Gasteiger partial charge on any atom is -0.494 e. The minimum atomic E-state index is -0.118. The van der Waals surface area contributed by atoms with Crippen LogP contribution in [0.5, 0.6) is 11.5 Å². The van der Waals surface area contributed by atoms with E-state index in [1.165, 1.54) is 0 Å². The number of ether oxygens (including phenoxy) is 2. The fraction of sp³-hybridized carbons (Fsp3) is 0.348. The molecule has 4 rings (SSSR count). The van der Waals surface area contributed by atoms with Crippen LogP contribution in [-0.4, -0.2) is 40.7 Å². The summed E-state index contributed by atoms with van der Waals surface area (Å²) in [7, 11) is 0. The molecule has 1 unspecified atom stereocenters. The molecule has 30 heavy (non-hydrogen) atoms. The van der Waals surface area contributed by atoms with E-state index in [-0.39, 0.29) is 11.8 Å². The lowest BCUT2D eigenvalue weighted by atomic mass is 10.1. The summed E-state index contributed by atoms with van der Waals surface area (Å²) in [5.41, 5.74) is 1.81. The maximum atomic E-state index is 12.6. The monoisotopic (exact) mass is 407 g/mol. The van der Waals surface area contributed by atoms with Gasteiger partial charge in [0, 0.05) is 19.5 Å². The summed E-state index contributed by atoms with van der Waals surface area (Å²) < 4.78 is 16.7. The first-order valence-electron chi connectivity index (χ1n) is 10.2. The van der Waals surface area contributed by atoms with Gasteiger partial charge < -0.3 is 18.9 Å². The standard InChI is InChI=1S/C23H25N3O4/c1-3-28-18-9-7-8-16(12-18)14-26-15-17(13-21(26)27)23-24-22(25-30-23)19-10-5-6-11-20(19)29-4-2/h5-12,17H,3-4,13-15H2,1-2H3. The zero-order valence-corrected chi connectivity index (χ0v) is 17.2. The minimum absolute atomic E-state index is 0.0799. The molecule has 1 saturated heterocycles. The van der Waals surface area contributed by atoms with Crippen LogP contribution in [0.1, 0.15) is 37.6 Å². The molecule has 0 radical (unpaired) electrons. The number of benzene rings is 2. The van der Waals surface area contributed by atoms with E-state index >= 15 is 0 Å². The highest BCUT2D eigenvalue weighted by Gasteiger charge is 2.34. The van der Waals surface area contributed by atoms with Crippen LogP contribution < -0.4 is 9.47 Å². The van der Waals surface area contributed by atoms with Crippen molar-refractivity contribution in [2.75, 3.05) is 19.8 Å². The fourth-order valence-electron chi connectivity index (χ4n) is 3.65. The predicted molar refractivity (Wildman–Crippen MR) is 111 cm³/mol. The van der Waals surface area contributed by atoms with Gasteiger partial charge in [-0.25, -0.2) is 0 Å². The Bertz CT molecular complexity index is 1020. The summed E-state index contributed by atoms with van der Waals surface area (Å²) in [6, 6.07) is 15.4. The van der Waals surface area contributed by atoms with Crippen molar-refractivity contribution in [3.63, 3.8) is 0 Å². The van der Waals surface area contributed by atoms with E-state index in [1.807, 2.05) is 67.3 Å². The lowest BCUT2D eigenvalue weighted by Crippen LogP contribution is -2.24. The van der Waals surface area contributed by atoms with Crippen molar-refractivity contribution in [1.29, 1.82) is 0 Å². The molecule has 2 heterocycles. The molecule has 7 heteroatoms. The quantitative estimate of drug-likeness (QED) is 0.561. The van der Waals surface area contributed by atoms with Gasteiger partial charge in [-0.3, -0.25) is 4.79 Å². The number of hydrogen-bond donors (Lipinski definition) is 0. The molecule has 1 aliphatic heterocycles. The van der Waals surface area contributed by atoms with Crippen LogP contribution in [0.25, 0.3) is 11.4 Å². The summed E-state index contributed by atoms with van der Waals surface area (Å²) in [6.07, 6.45) is 0.361. The largest absolute Gasteiger partial charge is 0.494 e. The number of para-hydroxylation sites is 1. The van der Waals surface area contributed by atoms with Gasteiger partial charge in [0.25, 0.3) is 0 Å². The number of carbonyl (C=O) groups excluding carboxylic acids is 1. The van der Waals surface area contributed by atoms with Gasteiger partial charge in [0.1, 0.15) is 11.5 Å². The lowest BCUT2D eigenvalue weighted by molar-refractivity contribution is -0.128. The molecule has 0 spiro atoms. The second-order valence-corrected chi connectivity index (χ2v) is 7.14. The molecule has 1 aliphatic rings. The number of amides is 1. The number of aromatic nitrogens is 2. The van der Waals surface area contributed by atoms with Crippen LogP contribution in [-0.2, 0) is 11.3 Å². The topological polar surface area (TPSA) is 77.7 Å². The van der Waals surface area contributed by atoms with E-state index in [0.29, 0.717) is 50.2 Å². The van der Waals surface area contributed by atoms with Crippen molar-refractivity contribution >= 4 is 5.91 Å². The molecule has 1 atom stereocenters. The van der Waals surface area contributed by atoms with E-state index in [1.54, 1.807) is 0 Å². The Kier molecular flexibility index (Phi) is 5.97. The Morgan fingerprint density at radius 3 is 2.77 bits per heavy atom. The van der Waals surface area contributed by atoms with Crippen LogP contribution in [0.15, 0.2) is 53.1 Å². The van der Waals surface area contributed by atoms with Crippen molar-refractivity contribution < 1.29 is 18.8 Å². The van der Waals surface area contributed by atoms with Gasteiger partial charge in [-0.15, -0.1) is 0 Å². The van der Waals surface area contributed by atoms with Crippen LogP contribution in [0.4, 0.5) is 0 Å². The zero-order valence-electron chi connectivity index (χ0n) is 17.2. The van der Waals surface area contributed by atoms with Crippen molar-refractivity contribution in [2.24, 2.45) is 0 Å². The first-order chi connectivity index (χ1) is 14.7. The predicted octanol–water partition coefficient (Wildman–Crippen LogP) is 4.05. The van der Waals surface area contributed by atoms with Gasteiger partial charge >= 0.3 is 0 Å². The van der Waals surface area contributed by atoms with Crippen LogP contribution >= 0.6 is 0 Å². The Morgan fingerprint density at radius 2 is 1.93 bits per heavy atom. The first kappa shape index (κ1) is 19.9. The molecule has 1 aromatic heterocycles. The Labute approximate surface area is 175 Å². The molecule has 3 aromatic rings. The second kappa shape index (κ2) is 8.98. The molecular formula is C23H25N3O4. The van der Waals surface area contributed by atoms with Gasteiger partial charge in [0.05, 0.1) is 24.7 Å². The van der Waals surface area contributed by atoms with Gasteiger partial charge in [0.15, 0.2) is 0 Å². The number of hydrogen-bond acceptors (Lipinski definition) is 6. The molecular weight excluding hydrogens is 382 g/mol. The third-order valence-electron chi connectivity index (χ3n) is 5.02. The smallest absolute Gasteiger partial charge is 0.232 e. The van der Waals surface area contributed by atoms with Gasteiger partial charge in [0.2, 0.25) is 17.6 Å². The molecule has 156 valence electrons. The first-order valence-corrected chi connectivity index (χ1v) is 10.2. The van der Waals surface area contributed by atoms with Crippen LogP contribution in [0.2, 0.25) is 0 Å². The number of likely N-dealkylation sites (tertiary alicyclic amines) is 1. The zero-order chi connectivity index (χ0) is 20.9.